The highest BCUT2D eigenvalue weighted by atomic mass is 16.5. The summed E-state index contributed by atoms with van der Waals surface area (Å²) in [4.78, 5) is 32.4. The minimum Gasteiger partial charge on any atom is -0.465 e. The molecule has 0 saturated carbocycles. The van der Waals surface area contributed by atoms with Gasteiger partial charge in [0, 0.05) is 0 Å². The number of benzene rings is 3. The Balaban J connectivity index is 0.000000225. The predicted molar refractivity (Wildman–Crippen MR) is 113 cm³/mol. The van der Waals surface area contributed by atoms with Crippen LogP contribution in [-0.4, -0.2) is 39.2 Å². The van der Waals surface area contributed by atoms with Gasteiger partial charge in [0.2, 0.25) is 0 Å². The summed E-state index contributed by atoms with van der Waals surface area (Å²) in [6.45, 7) is 0. The number of methoxy groups -OCH3 is 3. The summed E-state index contributed by atoms with van der Waals surface area (Å²) in [5.74, 6) is -0.873. The molecule has 0 atom stereocenters. The lowest BCUT2D eigenvalue weighted by Crippen LogP contribution is -1.99. The Morgan fingerprint density at radius 1 is 0.433 bits per heavy atom. The highest BCUT2D eigenvalue weighted by molar-refractivity contribution is 5.90. The van der Waals surface area contributed by atoms with Gasteiger partial charge in [-0.3, -0.25) is 0 Å². The number of hydrogen-bond acceptors (Lipinski definition) is 6. The Kier molecular flexibility index (Phi) is 11.3. The Bertz CT molecular complexity index is 770. The molecule has 6 nitrogen and oxygen atoms in total. The number of carbonyl (C=O) groups is 3. The van der Waals surface area contributed by atoms with Gasteiger partial charge in [-0.1, -0.05) is 54.6 Å². The van der Waals surface area contributed by atoms with Gasteiger partial charge in [-0.15, -0.1) is 0 Å². The lowest BCUT2D eigenvalue weighted by Gasteiger charge is -1.95. The Hall–Kier alpha value is -3.93. The van der Waals surface area contributed by atoms with Crippen molar-refractivity contribution in [2.45, 2.75) is 0 Å². The molecule has 30 heavy (non-hydrogen) atoms. The standard InChI is InChI=1S/3C8H8O2/c3*1-10-8(9)7-5-3-2-4-6-7/h3*2-6H,1H3. The number of ether oxygens (including phenoxy) is 3. The summed E-state index contributed by atoms with van der Waals surface area (Å²) >= 11 is 0. The van der Waals surface area contributed by atoms with Crippen molar-refractivity contribution in [3.8, 4) is 0 Å². The molecule has 0 amide bonds. The maximum Gasteiger partial charge on any atom is 0.337 e. The summed E-state index contributed by atoms with van der Waals surface area (Å²) in [6.07, 6.45) is 0. The second-order valence-electron chi connectivity index (χ2n) is 5.57. The molecule has 0 saturated heterocycles. The second-order valence-corrected chi connectivity index (χ2v) is 5.57. The minimum atomic E-state index is -0.291. The molecular weight excluding hydrogens is 384 g/mol. The lowest BCUT2D eigenvalue weighted by atomic mass is 10.2. The zero-order valence-corrected chi connectivity index (χ0v) is 17.1. The summed E-state index contributed by atoms with van der Waals surface area (Å²) in [5, 5.41) is 0. The van der Waals surface area contributed by atoms with E-state index in [2.05, 4.69) is 14.2 Å². The first-order chi connectivity index (χ1) is 14.5. The van der Waals surface area contributed by atoms with E-state index in [1.54, 1.807) is 72.8 Å². The van der Waals surface area contributed by atoms with Crippen LogP contribution in [0.5, 0.6) is 0 Å². The molecule has 0 bridgehead atoms. The van der Waals surface area contributed by atoms with Gasteiger partial charge in [-0.05, 0) is 36.4 Å². The molecule has 0 aliphatic rings. The van der Waals surface area contributed by atoms with Gasteiger partial charge in [0.05, 0.1) is 38.0 Å². The third-order valence-corrected chi connectivity index (χ3v) is 3.58. The van der Waals surface area contributed by atoms with Crippen LogP contribution in [0.3, 0.4) is 0 Å². The average Bonchev–Trinajstić information content (AvgIpc) is 2.85. The topological polar surface area (TPSA) is 78.9 Å². The van der Waals surface area contributed by atoms with Gasteiger partial charge in [0.15, 0.2) is 0 Å². The molecule has 3 aromatic carbocycles. The van der Waals surface area contributed by atoms with Crippen molar-refractivity contribution >= 4 is 17.9 Å². The minimum absolute atomic E-state index is 0.291. The first-order valence-electron chi connectivity index (χ1n) is 8.93. The number of rotatable bonds is 3. The van der Waals surface area contributed by atoms with Gasteiger partial charge >= 0.3 is 17.9 Å². The fourth-order valence-corrected chi connectivity index (χ4v) is 2.08. The van der Waals surface area contributed by atoms with Crippen LogP contribution >= 0.6 is 0 Å². The third-order valence-electron chi connectivity index (χ3n) is 3.58. The maximum absolute atomic E-state index is 10.8. The van der Waals surface area contributed by atoms with Crippen molar-refractivity contribution in [1.82, 2.24) is 0 Å². The molecular formula is C24H24O6. The smallest absolute Gasteiger partial charge is 0.337 e. The van der Waals surface area contributed by atoms with E-state index in [1.807, 2.05) is 18.2 Å². The molecule has 0 spiro atoms. The summed E-state index contributed by atoms with van der Waals surface area (Å²) in [5.41, 5.74) is 1.76. The molecule has 0 N–H and O–H groups in total. The first-order valence-corrected chi connectivity index (χ1v) is 8.93. The van der Waals surface area contributed by atoms with Crippen molar-refractivity contribution in [3.05, 3.63) is 108 Å². The van der Waals surface area contributed by atoms with Crippen molar-refractivity contribution < 1.29 is 28.6 Å². The molecule has 0 unspecified atom stereocenters. The molecule has 0 aliphatic heterocycles. The van der Waals surface area contributed by atoms with E-state index in [0.717, 1.165) is 0 Å². The Morgan fingerprint density at radius 3 is 0.800 bits per heavy atom. The monoisotopic (exact) mass is 408 g/mol. The summed E-state index contributed by atoms with van der Waals surface area (Å²) in [6, 6.07) is 26.6. The van der Waals surface area contributed by atoms with Crippen molar-refractivity contribution in [2.75, 3.05) is 21.3 Å². The highest BCUT2D eigenvalue weighted by Gasteiger charge is 2.02. The van der Waals surface area contributed by atoms with E-state index in [9.17, 15) is 14.4 Å². The average molecular weight is 408 g/mol. The molecule has 0 aromatic heterocycles. The van der Waals surface area contributed by atoms with E-state index in [1.165, 1.54) is 21.3 Å². The van der Waals surface area contributed by atoms with Crippen LogP contribution in [0, 0.1) is 0 Å². The fraction of sp³-hybridized carbons (Fsp3) is 0.125. The number of hydrogen-bond donors (Lipinski definition) is 0. The molecule has 0 heterocycles. The maximum atomic E-state index is 10.8. The van der Waals surface area contributed by atoms with Gasteiger partial charge in [-0.2, -0.15) is 0 Å². The van der Waals surface area contributed by atoms with Crippen LogP contribution in [0.4, 0.5) is 0 Å². The predicted octanol–water partition coefficient (Wildman–Crippen LogP) is 4.42. The first kappa shape index (κ1) is 24.1. The molecule has 6 heteroatoms. The van der Waals surface area contributed by atoms with Gasteiger partial charge in [-0.25, -0.2) is 14.4 Å². The molecule has 3 aromatic rings. The zero-order valence-electron chi connectivity index (χ0n) is 17.1. The summed E-state index contributed by atoms with van der Waals surface area (Å²) < 4.78 is 13.5. The van der Waals surface area contributed by atoms with Gasteiger partial charge < -0.3 is 14.2 Å². The highest BCUT2D eigenvalue weighted by Crippen LogP contribution is 2.00. The SMILES string of the molecule is COC(=O)c1ccccc1.COC(=O)c1ccccc1.COC(=O)c1ccccc1. The van der Waals surface area contributed by atoms with E-state index < -0.39 is 0 Å². The van der Waals surface area contributed by atoms with Crippen LogP contribution in [0.15, 0.2) is 91.0 Å². The molecule has 3 rings (SSSR count). The van der Waals surface area contributed by atoms with Gasteiger partial charge in [0.25, 0.3) is 0 Å². The quantitative estimate of drug-likeness (QED) is 0.472. The largest absolute Gasteiger partial charge is 0.465 e. The molecule has 0 fully saturated rings. The van der Waals surface area contributed by atoms with Crippen LogP contribution < -0.4 is 0 Å². The number of esters is 3. The zero-order chi connectivity index (χ0) is 22.2. The van der Waals surface area contributed by atoms with Crippen molar-refractivity contribution in [3.63, 3.8) is 0 Å². The number of carbonyl (C=O) groups excluding carboxylic acids is 3. The normalized spacial score (nSPS) is 8.90. The van der Waals surface area contributed by atoms with Crippen molar-refractivity contribution in [2.24, 2.45) is 0 Å². The van der Waals surface area contributed by atoms with Crippen LogP contribution in [0.2, 0.25) is 0 Å². The molecule has 0 aliphatic carbocycles. The van der Waals surface area contributed by atoms with Crippen molar-refractivity contribution in [1.29, 1.82) is 0 Å². The third kappa shape index (κ3) is 8.84. The van der Waals surface area contributed by atoms with Crippen LogP contribution in [-0.2, 0) is 14.2 Å². The van der Waals surface area contributed by atoms with E-state index >= 15 is 0 Å². The Morgan fingerprint density at radius 2 is 0.633 bits per heavy atom. The van der Waals surface area contributed by atoms with E-state index in [-0.39, 0.29) is 17.9 Å². The van der Waals surface area contributed by atoms with E-state index in [4.69, 9.17) is 0 Å². The second kappa shape index (κ2) is 14.1. The Labute approximate surface area is 176 Å². The lowest BCUT2D eigenvalue weighted by molar-refractivity contribution is 0.0592. The molecule has 156 valence electrons. The van der Waals surface area contributed by atoms with Crippen LogP contribution in [0.1, 0.15) is 31.1 Å². The van der Waals surface area contributed by atoms with E-state index in [0.29, 0.717) is 16.7 Å². The molecule has 0 radical (unpaired) electrons. The van der Waals surface area contributed by atoms with Gasteiger partial charge in [0.1, 0.15) is 0 Å². The summed E-state index contributed by atoms with van der Waals surface area (Å²) in [7, 11) is 4.11. The van der Waals surface area contributed by atoms with Crippen LogP contribution in [0.25, 0.3) is 0 Å². The fourth-order valence-electron chi connectivity index (χ4n) is 2.08.